The molecule has 0 unspecified atom stereocenters. The Bertz CT molecular complexity index is 1150. The second kappa shape index (κ2) is 14.9. The fraction of sp³-hybridized carbons (Fsp3) is 0.452. The number of hydrogen-bond acceptors (Lipinski definition) is 2. The van der Waals surface area contributed by atoms with Crippen molar-refractivity contribution in [1.82, 2.24) is 14.4 Å². The number of halogens is 2. The number of nitrogens with zero attached hydrogens (tertiary/aromatic N) is 3. The van der Waals surface area contributed by atoms with E-state index in [0.29, 0.717) is 16.9 Å². The number of aromatic nitrogens is 1. The first-order valence-corrected chi connectivity index (χ1v) is 14.7. The maximum absolute atomic E-state index is 6.39. The molecular formula is C31H42Cl2N4S. The maximum atomic E-state index is 6.39. The summed E-state index contributed by atoms with van der Waals surface area (Å²) in [6, 6.07) is 18.2. The molecule has 206 valence electrons. The molecule has 38 heavy (non-hydrogen) atoms. The van der Waals surface area contributed by atoms with E-state index in [-0.39, 0.29) is 0 Å². The minimum Gasteiger partial charge on any atom is -0.345 e. The molecule has 0 amide bonds. The fourth-order valence-electron chi connectivity index (χ4n) is 4.69. The van der Waals surface area contributed by atoms with Crippen LogP contribution in [0.2, 0.25) is 10.0 Å². The van der Waals surface area contributed by atoms with Crippen LogP contribution in [-0.2, 0) is 13.1 Å². The van der Waals surface area contributed by atoms with E-state index in [9.17, 15) is 0 Å². The Labute approximate surface area is 244 Å². The highest BCUT2D eigenvalue weighted by Gasteiger charge is 2.16. The average molecular weight is 574 g/mol. The van der Waals surface area contributed by atoms with Gasteiger partial charge in [-0.25, -0.2) is 0 Å². The third kappa shape index (κ3) is 9.60. The number of anilines is 1. The minimum absolute atomic E-state index is 0.648. The largest absolute Gasteiger partial charge is 0.345 e. The monoisotopic (exact) mass is 572 g/mol. The van der Waals surface area contributed by atoms with E-state index in [1.165, 1.54) is 11.3 Å². The number of benzene rings is 2. The van der Waals surface area contributed by atoms with E-state index in [0.717, 1.165) is 67.0 Å². The summed E-state index contributed by atoms with van der Waals surface area (Å²) in [7, 11) is 0. The van der Waals surface area contributed by atoms with Crippen molar-refractivity contribution in [2.75, 3.05) is 31.5 Å². The predicted molar refractivity (Wildman–Crippen MR) is 169 cm³/mol. The van der Waals surface area contributed by atoms with Gasteiger partial charge in [0.25, 0.3) is 0 Å². The van der Waals surface area contributed by atoms with E-state index < -0.39 is 0 Å². The smallest absolute Gasteiger partial charge is 0.173 e. The second-order valence-corrected chi connectivity index (χ2v) is 12.1. The first-order chi connectivity index (χ1) is 18.1. The van der Waals surface area contributed by atoms with Crippen LogP contribution in [0.25, 0.3) is 0 Å². The topological polar surface area (TPSA) is 23.4 Å². The molecule has 0 bridgehead atoms. The molecule has 0 fully saturated rings. The Morgan fingerprint density at radius 2 is 1.61 bits per heavy atom. The Morgan fingerprint density at radius 1 is 0.921 bits per heavy atom. The Kier molecular flexibility index (Phi) is 12.0. The zero-order chi connectivity index (χ0) is 27.7. The molecule has 1 heterocycles. The Balaban J connectivity index is 1.75. The summed E-state index contributed by atoms with van der Waals surface area (Å²) >= 11 is 18.5. The lowest BCUT2D eigenvalue weighted by Gasteiger charge is -2.30. The molecule has 2 aromatic carbocycles. The lowest BCUT2D eigenvalue weighted by molar-refractivity contribution is 0.209. The van der Waals surface area contributed by atoms with Gasteiger partial charge in [0.05, 0.1) is 6.54 Å². The van der Waals surface area contributed by atoms with E-state index in [4.69, 9.17) is 35.4 Å². The summed E-state index contributed by atoms with van der Waals surface area (Å²) in [6.07, 6.45) is 3.17. The normalized spacial score (nSPS) is 11.5. The number of hydrogen-bond donors (Lipinski definition) is 1. The Hall–Kier alpha value is -2.05. The number of rotatable bonds is 13. The van der Waals surface area contributed by atoms with Gasteiger partial charge in [-0.1, -0.05) is 69.1 Å². The molecule has 3 aromatic rings. The van der Waals surface area contributed by atoms with E-state index >= 15 is 0 Å². The van der Waals surface area contributed by atoms with Crippen LogP contribution >= 0.6 is 35.4 Å². The first kappa shape index (κ1) is 30.5. The predicted octanol–water partition coefficient (Wildman–Crippen LogP) is 8.35. The Morgan fingerprint density at radius 3 is 2.26 bits per heavy atom. The zero-order valence-electron chi connectivity index (χ0n) is 23.4. The van der Waals surface area contributed by atoms with Gasteiger partial charge in [-0.2, -0.15) is 0 Å². The summed E-state index contributed by atoms with van der Waals surface area (Å²) in [5.41, 5.74) is 4.38. The van der Waals surface area contributed by atoms with Crippen molar-refractivity contribution in [1.29, 1.82) is 0 Å². The highest BCUT2D eigenvalue weighted by molar-refractivity contribution is 7.80. The quantitative estimate of drug-likeness (QED) is 0.208. The van der Waals surface area contributed by atoms with E-state index in [2.05, 4.69) is 77.8 Å². The van der Waals surface area contributed by atoms with Crippen LogP contribution in [-0.4, -0.2) is 45.7 Å². The van der Waals surface area contributed by atoms with Gasteiger partial charge in [0, 0.05) is 53.8 Å². The molecule has 0 atom stereocenters. The number of thiocarbonyl (C=S) groups is 1. The van der Waals surface area contributed by atoms with Gasteiger partial charge in [0.2, 0.25) is 0 Å². The molecule has 0 aliphatic rings. The van der Waals surface area contributed by atoms with Crippen molar-refractivity contribution in [2.45, 2.75) is 54.1 Å². The van der Waals surface area contributed by atoms with E-state index in [1.54, 1.807) is 0 Å². The number of nitrogens with one attached hydrogen (secondary N) is 1. The SMILES string of the molecule is Cc1c(Cl)cccc1NC(=S)N(CCCN(CC(C)C)CC(C)C)Cc1cccn1Cc1ccc(Cl)cc1. The first-order valence-electron chi connectivity index (χ1n) is 13.5. The highest BCUT2D eigenvalue weighted by Crippen LogP contribution is 2.24. The average Bonchev–Trinajstić information content (AvgIpc) is 3.28. The third-order valence-corrected chi connectivity index (χ3v) is 7.51. The fourth-order valence-corrected chi connectivity index (χ4v) is 5.26. The minimum atomic E-state index is 0.648. The molecule has 0 saturated carbocycles. The van der Waals surface area contributed by atoms with Gasteiger partial charge in [0.15, 0.2) is 5.11 Å². The summed E-state index contributed by atoms with van der Waals surface area (Å²) in [6.45, 7) is 16.9. The molecule has 0 spiro atoms. The third-order valence-electron chi connectivity index (χ3n) is 6.49. The van der Waals surface area contributed by atoms with Gasteiger partial charge in [0.1, 0.15) is 0 Å². The molecule has 0 aliphatic heterocycles. The van der Waals surface area contributed by atoms with Crippen molar-refractivity contribution in [3.63, 3.8) is 0 Å². The molecule has 0 aliphatic carbocycles. The van der Waals surface area contributed by atoms with Gasteiger partial charge < -0.3 is 19.7 Å². The molecule has 3 rings (SSSR count). The van der Waals surface area contributed by atoms with Crippen molar-refractivity contribution in [3.8, 4) is 0 Å². The molecule has 0 radical (unpaired) electrons. The van der Waals surface area contributed by atoms with Crippen LogP contribution in [0.3, 0.4) is 0 Å². The second-order valence-electron chi connectivity index (χ2n) is 10.9. The highest BCUT2D eigenvalue weighted by atomic mass is 35.5. The van der Waals surface area contributed by atoms with Crippen molar-refractivity contribution in [2.24, 2.45) is 11.8 Å². The van der Waals surface area contributed by atoms with Crippen LogP contribution in [0.4, 0.5) is 5.69 Å². The van der Waals surface area contributed by atoms with Crippen molar-refractivity contribution in [3.05, 3.63) is 87.7 Å². The van der Waals surface area contributed by atoms with Crippen molar-refractivity contribution >= 4 is 46.2 Å². The summed E-state index contributed by atoms with van der Waals surface area (Å²) in [5, 5.41) is 5.68. The molecule has 0 saturated heterocycles. The van der Waals surface area contributed by atoms with Crippen LogP contribution < -0.4 is 5.32 Å². The summed E-state index contributed by atoms with van der Waals surface area (Å²) in [4.78, 5) is 4.88. The molecule has 7 heteroatoms. The van der Waals surface area contributed by atoms with E-state index in [1.807, 2.05) is 37.3 Å². The molecule has 1 aromatic heterocycles. The zero-order valence-corrected chi connectivity index (χ0v) is 25.7. The van der Waals surface area contributed by atoms with Crippen molar-refractivity contribution < 1.29 is 0 Å². The van der Waals surface area contributed by atoms with Crippen LogP contribution in [0, 0.1) is 18.8 Å². The summed E-state index contributed by atoms with van der Waals surface area (Å²) < 4.78 is 2.29. The summed E-state index contributed by atoms with van der Waals surface area (Å²) in [5.74, 6) is 1.30. The molecule has 1 N–H and O–H groups in total. The maximum Gasteiger partial charge on any atom is 0.173 e. The molecular weight excluding hydrogens is 531 g/mol. The molecule has 4 nitrogen and oxygen atoms in total. The van der Waals surface area contributed by atoms with Gasteiger partial charge in [-0.05, 0) is 91.5 Å². The van der Waals surface area contributed by atoms with Gasteiger partial charge in [-0.3, -0.25) is 0 Å². The van der Waals surface area contributed by atoms with Gasteiger partial charge >= 0.3 is 0 Å². The van der Waals surface area contributed by atoms with Crippen LogP contribution in [0.15, 0.2) is 60.8 Å². The lowest BCUT2D eigenvalue weighted by Crippen LogP contribution is -2.38. The standard InChI is InChI=1S/C31H42Cl2N4S/c1-23(2)19-35(20-24(3)4)16-8-18-37(31(38)34-30-11-6-10-29(33)25(30)5)22-28-9-7-17-36(28)21-26-12-14-27(32)15-13-26/h6-7,9-15,17,23-24H,8,16,18-22H2,1-5H3,(H,34,38). The lowest BCUT2D eigenvalue weighted by atomic mass is 10.1. The van der Waals surface area contributed by atoms with Gasteiger partial charge in [-0.15, -0.1) is 0 Å². The van der Waals surface area contributed by atoms with Crippen LogP contribution in [0.5, 0.6) is 0 Å². The van der Waals surface area contributed by atoms with Crippen LogP contribution in [0.1, 0.15) is 50.9 Å².